The van der Waals surface area contributed by atoms with Gasteiger partial charge in [0.05, 0.1) is 29.2 Å². The normalized spacial score (nSPS) is 26.4. The van der Waals surface area contributed by atoms with Gasteiger partial charge in [-0.25, -0.2) is 12.8 Å². The predicted molar refractivity (Wildman–Crippen MR) is 87.3 cm³/mol. The standard InChI is InChI=1S/C15H18ClFN2O4S/c16-11-7-10(1-2-12(11)17)15(21)19-4-3-18(5-6-20)13-8-24(22,23)9-14(13)19/h1-2,7,13-14,20H,3-6,8-9H2/t13-,14+/m0/s1. The molecule has 1 aromatic carbocycles. The van der Waals surface area contributed by atoms with Crippen molar-refractivity contribution in [3.05, 3.63) is 34.6 Å². The van der Waals surface area contributed by atoms with Crippen molar-refractivity contribution in [3.8, 4) is 0 Å². The third-order valence-corrected chi connectivity index (χ3v) is 6.59. The molecule has 6 nitrogen and oxygen atoms in total. The molecule has 2 aliphatic heterocycles. The first kappa shape index (κ1) is 17.6. The molecule has 0 unspecified atom stereocenters. The van der Waals surface area contributed by atoms with Crippen molar-refractivity contribution in [2.75, 3.05) is 37.7 Å². The van der Waals surface area contributed by atoms with Crippen molar-refractivity contribution in [1.82, 2.24) is 9.80 Å². The number of hydrogen-bond donors (Lipinski definition) is 1. The minimum absolute atomic E-state index is 0.0222. The van der Waals surface area contributed by atoms with E-state index < -0.39 is 21.7 Å². The van der Waals surface area contributed by atoms with Crippen LogP contribution in [-0.2, 0) is 9.84 Å². The number of piperazine rings is 1. The molecule has 0 radical (unpaired) electrons. The van der Waals surface area contributed by atoms with Crippen molar-refractivity contribution >= 4 is 27.3 Å². The number of benzene rings is 1. The molecule has 0 spiro atoms. The van der Waals surface area contributed by atoms with Gasteiger partial charge in [0.1, 0.15) is 5.82 Å². The largest absolute Gasteiger partial charge is 0.395 e. The van der Waals surface area contributed by atoms with E-state index in [1.165, 1.54) is 17.0 Å². The molecule has 1 amide bonds. The van der Waals surface area contributed by atoms with E-state index in [-0.39, 0.29) is 40.6 Å². The summed E-state index contributed by atoms with van der Waals surface area (Å²) in [5.41, 5.74) is 0.236. The molecule has 24 heavy (non-hydrogen) atoms. The SMILES string of the molecule is O=C(c1ccc(F)c(Cl)c1)N1CCN(CCO)[C@H]2CS(=O)(=O)C[C@H]21. The molecule has 2 fully saturated rings. The fraction of sp³-hybridized carbons (Fsp3) is 0.533. The number of carbonyl (C=O) groups is 1. The van der Waals surface area contributed by atoms with Gasteiger partial charge < -0.3 is 10.0 Å². The van der Waals surface area contributed by atoms with E-state index in [1.807, 2.05) is 4.90 Å². The zero-order valence-electron chi connectivity index (χ0n) is 12.9. The van der Waals surface area contributed by atoms with E-state index in [1.54, 1.807) is 0 Å². The van der Waals surface area contributed by atoms with Gasteiger partial charge in [0.15, 0.2) is 9.84 Å². The van der Waals surface area contributed by atoms with E-state index in [2.05, 4.69) is 0 Å². The lowest BCUT2D eigenvalue weighted by Crippen LogP contribution is -2.61. The van der Waals surface area contributed by atoms with Crippen LogP contribution < -0.4 is 0 Å². The van der Waals surface area contributed by atoms with Crippen LogP contribution in [0, 0.1) is 5.82 Å². The van der Waals surface area contributed by atoms with Crippen LogP contribution in [0.25, 0.3) is 0 Å². The molecule has 0 aliphatic carbocycles. The number of fused-ring (bicyclic) bond motifs is 1. The van der Waals surface area contributed by atoms with Gasteiger partial charge in [-0.15, -0.1) is 0 Å². The number of nitrogens with zero attached hydrogens (tertiary/aromatic N) is 2. The highest BCUT2D eigenvalue weighted by molar-refractivity contribution is 7.91. The lowest BCUT2D eigenvalue weighted by molar-refractivity contribution is 0.0281. The third kappa shape index (κ3) is 3.28. The smallest absolute Gasteiger partial charge is 0.254 e. The summed E-state index contributed by atoms with van der Waals surface area (Å²) in [5.74, 6) is -1.08. The van der Waals surface area contributed by atoms with E-state index in [4.69, 9.17) is 16.7 Å². The molecule has 0 saturated carbocycles. The Morgan fingerprint density at radius 2 is 2.00 bits per heavy atom. The summed E-state index contributed by atoms with van der Waals surface area (Å²) < 4.78 is 37.4. The molecule has 2 atom stereocenters. The molecule has 3 rings (SSSR count). The second-order valence-electron chi connectivity index (χ2n) is 6.10. The summed E-state index contributed by atoms with van der Waals surface area (Å²) in [5, 5.41) is 9.01. The Labute approximate surface area is 144 Å². The van der Waals surface area contributed by atoms with E-state index in [0.717, 1.165) is 6.07 Å². The number of rotatable bonds is 3. The van der Waals surface area contributed by atoms with Crippen molar-refractivity contribution in [2.45, 2.75) is 12.1 Å². The topological polar surface area (TPSA) is 77.9 Å². The zero-order valence-corrected chi connectivity index (χ0v) is 14.4. The molecular weight excluding hydrogens is 359 g/mol. The Bertz CT molecular complexity index is 758. The van der Waals surface area contributed by atoms with Gasteiger partial charge in [-0.05, 0) is 18.2 Å². The number of amides is 1. The fourth-order valence-corrected chi connectivity index (χ4v) is 5.67. The molecule has 2 aliphatic rings. The number of hydrogen-bond acceptors (Lipinski definition) is 5. The summed E-state index contributed by atoms with van der Waals surface area (Å²) in [7, 11) is -3.25. The molecule has 2 heterocycles. The molecule has 0 aromatic heterocycles. The highest BCUT2D eigenvalue weighted by Crippen LogP contribution is 2.28. The Balaban J connectivity index is 1.88. The lowest BCUT2D eigenvalue weighted by Gasteiger charge is -2.43. The van der Waals surface area contributed by atoms with Crippen molar-refractivity contribution < 1.29 is 22.7 Å². The molecule has 1 aromatic rings. The van der Waals surface area contributed by atoms with E-state index >= 15 is 0 Å². The molecular formula is C15H18ClFN2O4S. The molecule has 9 heteroatoms. The van der Waals surface area contributed by atoms with Crippen LogP contribution >= 0.6 is 11.6 Å². The van der Waals surface area contributed by atoms with Crippen LogP contribution in [0.1, 0.15) is 10.4 Å². The van der Waals surface area contributed by atoms with Crippen LogP contribution in [0.4, 0.5) is 4.39 Å². The predicted octanol–water partition coefficient (Wildman–Crippen LogP) is 0.395. The van der Waals surface area contributed by atoms with Crippen LogP contribution in [0.5, 0.6) is 0 Å². The second kappa shape index (κ2) is 6.59. The summed E-state index contributed by atoms with van der Waals surface area (Å²) in [6.45, 7) is 1.15. The highest BCUT2D eigenvalue weighted by Gasteiger charge is 2.47. The average Bonchev–Trinajstić information content (AvgIpc) is 2.85. The molecule has 2 saturated heterocycles. The van der Waals surface area contributed by atoms with Gasteiger partial charge in [0.2, 0.25) is 0 Å². The van der Waals surface area contributed by atoms with Crippen LogP contribution in [0.15, 0.2) is 18.2 Å². The zero-order chi connectivity index (χ0) is 17.5. The van der Waals surface area contributed by atoms with Gasteiger partial charge >= 0.3 is 0 Å². The first-order chi connectivity index (χ1) is 11.3. The molecule has 132 valence electrons. The molecule has 0 bridgehead atoms. The summed E-state index contributed by atoms with van der Waals surface area (Å²) in [6, 6.07) is 2.95. The second-order valence-corrected chi connectivity index (χ2v) is 8.66. The van der Waals surface area contributed by atoms with Crippen molar-refractivity contribution in [1.29, 1.82) is 0 Å². The van der Waals surface area contributed by atoms with Gasteiger partial charge in [0, 0.05) is 31.2 Å². The Morgan fingerprint density at radius 3 is 2.67 bits per heavy atom. The number of sulfone groups is 1. The summed E-state index contributed by atoms with van der Waals surface area (Å²) >= 11 is 5.74. The van der Waals surface area contributed by atoms with Crippen LogP contribution in [0.2, 0.25) is 5.02 Å². The monoisotopic (exact) mass is 376 g/mol. The number of carbonyl (C=O) groups excluding carboxylic acids is 1. The first-order valence-corrected chi connectivity index (χ1v) is 9.83. The maximum Gasteiger partial charge on any atom is 0.254 e. The maximum atomic E-state index is 13.3. The minimum atomic E-state index is -3.25. The number of aliphatic hydroxyl groups is 1. The number of aliphatic hydroxyl groups excluding tert-OH is 1. The van der Waals surface area contributed by atoms with Crippen LogP contribution in [-0.4, -0.2) is 79.1 Å². The van der Waals surface area contributed by atoms with Gasteiger partial charge in [-0.3, -0.25) is 9.69 Å². The average molecular weight is 377 g/mol. The Morgan fingerprint density at radius 1 is 1.29 bits per heavy atom. The first-order valence-electron chi connectivity index (χ1n) is 7.64. The Kier molecular flexibility index (Phi) is 4.83. The maximum absolute atomic E-state index is 13.3. The molecule has 1 N–H and O–H groups in total. The van der Waals surface area contributed by atoms with Gasteiger partial charge in [-0.2, -0.15) is 0 Å². The number of β-amino-alcohol motifs (C(OH)–C–C–N with tert-alkyl or cyclic N) is 1. The van der Waals surface area contributed by atoms with Gasteiger partial charge in [0.25, 0.3) is 5.91 Å². The van der Waals surface area contributed by atoms with Crippen molar-refractivity contribution in [3.63, 3.8) is 0 Å². The van der Waals surface area contributed by atoms with Gasteiger partial charge in [-0.1, -0.05) is 11.6 Å². The van der Waals surface area contributed by atoms with Crippen molar-refractivity contribution in [2.24, 2.45) is 0 Å². The van der Waals surface area contributed by atoms with E-state index in [0.29, 0.717) is 19.6 Å². The lowest BCUT2D eigenvalue weighted by atomic mass is 10.0. The summed E-state index contributed by atoms with van der Waals surface area (Å²) in [6.07, 6.45) is 0. The fourth-order valence-electron chi connectivity index (χ4n) is 3.48. The summed E-state index contributed by atoms with van der Waals surface area (Å²) in [4.78, 5) is 16.2. The number of halogens is 2. The Hall–Kier alpha value is -1.22. The highest BCUT2D eigenvalue weighted by atomic mass is 35.5. The van der Waals surface area contributed by atoms with Crippen LogP contribution in [0.3, 0.4) is 0 Å². The quantitative estimate of drug-likeness (QED) is 0.826. The minimum Gasteiger partial charge on any atom is -0.395 e. The third-order valence-electron chi connectivity index (χ3n) is 4.61. The van der Waals surface area contributed by atoms with E-state index in [9.17, 15) is 17.6 Å².